The second kappa shape index (κ2) is 4.36. The Bertz CT molecular complexity index is 381. The minimum Gasteiger partial charge on any atom is -0.319 e. The highest BCUT2D eigenvalue weighted by Gasteiger charge is 2.26. The molecule has 4 nitrogen and oxygen atoms in total. The molecule has 76 valence electrons. The Kier molecular flexibility index (Phi) is 3.61. The summed E-state index contributed by atoms with van der Waals surface area (Å²) >= 11 is 3.22. The highest BCUT2D eigenvalue weighted by Crippen LogP contribution is 2.38. The van der Waals surface area contributed by atoms with Gasteiger partial charge in [-0.25, -0.2) is 0 Å². The summed E-state index contributed by atoms with van der Waals surface area (Å²) in [5, 5.41) is 0.636. The van der Waals surface area contributed by atoms with Crippen molar-refractivity contribution >= 4 is 29.1 Å². The fourth-order valence-electron chi connectivity index (χ4n) is 0.905. The van der Waals surface area contributed by atoms with Crippen molar-refractivity contribution in [1.29, 1.82) is 0 Å². The number of carbonyl (C=O) groups excluding carboxylic acids is 1. The third-order valence-corrected chi connectivity index (χ3v) is 3.05. The number of hydrogen-bond acceptors (Lipinski definition) is 2. The molecular weight excluding hydrogens is 271 g/mol. The summed E-state index contributed by atoms with van der Waals surface area (Å²) in [7, 11) is -4.65. The molecule has 0 heterocycles. The lowest BCUT2D eigenvalue weighted by Crippen LogP contribution is -1.99. The molecule has 0 amide bonds. The molecule has 1 rings (SSSR count). The van der Waals surface area contributed by atoms with Gasteiger partial charge in [0, 0.05) is 10.9 Å². The van der Waals surface area contributed by atoms with Gasteiger partial charge in [0.25, 0.3) is 5.52 Å². The average molecular weight is 279 g/mol. The predicted octanol–water partition coefficient (Wildman–Crippen LogP) is 1.90. The van der Waals surface area contributed by atoms with Crippen LogP contribution in [0.2, 0.25) is 0 Å². The maximum absolute atomic E-state index is 11.1. The topological polar surface area (TPSA) is 74.6 Å². The van der Waals surface area contributed by atoms with E-state index in [1.807, 2.05) is 0 Å². The van der Waals surface area contributed by atoms with E-state index in [0.717, 1.165) is 5.56 Å². The molecule has 0 saturated carbocycles. The van der Waals surface area contributed by atoms with E-state index >= 15 is 0 Å². The van der Waals surface area contributed by atoms with Gasteiger partial charge < -0.3 is 9.79 Å². The Hall–Kier alpha value is -0.480. The predicted molar refractivity (Wildman–Crippen MR) is 55.4 cm³/mol. The maximum Gasteiger partial charge on any atom is 0.396 e. The minimum atomic E-state index is -4.65. The van der Waals surface area contributed by atoms with Crippen LogP contribution in [0.1, 0.15) is 15.9 Å². The van der Waals surface area contributed by atoms with Crippen LogP contribution >= 0.6 is 23.5 Å². The molecule has 0 unspecified atom stereocenters. The molecule has 0 aliphatic heterocycles. The van der Waals surface area contributed by atoms with Crippen molar-refractivity contribution in [1.82, 2.24) is 0 Å². The molecule has 0 saturated heterocycles. The van der Waals surface area contributed by atoms with Gasteiger partial charge in [0.2, 0.25) is 0 Å². The Morgan fingerprint density at radius 2 is 1.79 bits per heavy atom. The summed E-state index contributed by atoms with van der Waals surface area (Å²) in [6, 6.07) is 6.07. The third-order valence-electron chi connectivity index (χ3n) is 1.62. The van der Waals surface area contributed by atoms with Gasteiger partial charge in [0.1, 0.15) is 0 Å². The van der Waals surface area contributed by atoms with E-state index < -0.39 is 13.1 Å². The number of alkyl halides is 1. The molecule has 0 aromatic heterocycles. The van der Waals surface area contributed by atoms with Crippen LogP contribution in [0.5, 0.6) is 0 Å². The first-order valence-corrected chi connectivity index (χ1v) is 6.44. The first kappa shape index (κ1) is 11.6. The normalized spacial score (nSPS) is 11.4. The summed E-state index contributed by atoms with van der Waals surface area (Å²) in [4.78, 5) is 28.3. The van der Waals surface area contributed by atoms with E-state index in [1.54, 1.807) is 12.1 Å². The van der Waals surface area contributed by atoms with Crippen LogP contribution in [-0.4, -0.2) is 15.3 Å². The summed E-state index contributed by atoms with van der Waals surface area (Å²) in [5.41, 5.74) is -0.172. The van der Waals surface area contributed by atoms with Crippen molar-refractivity contribution in [3.63, 3.8) is 0 Å². The van der Waals surface area contributed by atoms with Crippen LogP contribution in [0.15, 0.2) is 24.3 Å². The smallest absolute Gasteiger partial charge is 0.319 e. The zero-order valence-electron chi connectivity index (χ0n) is 7.05. The Morgan fingerprint density at radius 1 is 1.29 bits per heavy atom. The van der Waals surface area contributed by atoms with Crippen molar-refractivity contribution in [2.75, 3.05) is 0 Å². The lowest BCUT2D eigenvalue weighted by Gasteiger charge is -2.02. The van der Waals surface area contributed by atoms with Crippen LogP contribution in [0.3, 0.4) is 0 Å². The van der Waals surface area contributed by atoms with Crippen LogP contribution < -0.4 is 0 Å². The number of rotatable bonds is 3. The van der Waals surface area contributed by atoms with Crippen molar-refractivity contribution in [3.05, 3.63) is 35.4 Å². The van der Waals surface area contributed by atoms with Crippen molar-refractivity contribution in [2.45, 2.75) is 5.33 Å². The van der Waals surface area contributed by atoms with E-state index in [4.69, 9.17) is 9.79 Å². The van der Waals surface area contributed by atoms with Gasteiger partial charge in [-0.15, -0.1) is 0 Å². The first-order valence-electron chi connectivity index (χ1n) is 3.70. The van der Waals surface area contributed by atoms with Crippen molar-refractivity contribution < 1.29 is 19.1 Å². The molecule has 6 heteroatoms. The Morgan fingerprint density at radius 3 is 2.14 bits per heavy atom. The summed E-state index contributed by atoms with van der Waals surface area (Å²) in [6.45, 7) is 0. The van der Waals surface area contributed by atoms with Crippen LogP contribution in [0.25, 0.3) is 0 Å². The maximum atomic E-state index is 11.1. The van der Waals surface area contributed by atoms with Gasteiger partial charge in [0.05, 0.1) is 0 Å². The highest BCUT2D eigenvalue weighted by atomic mass is 79.9. The van der Waals surface area contributed by atoms with Gasteiger partial charge in [-0.1, -0.05) is 40.2 Å². The van der Waals surface area contributed by atoms with Gasteiger partial charge in [-0.05, 0) is 5.56 Å². The fraction of sp³-hybridized carbons (Fsp3) is 0.125. The fourth-order valence-corrected chi connectivity index (χ4v) is 1.76. The van der Waals surface area contributed by atoms with Crippen LogP contribution in [0.4, 0.5) is 0 Å². The van der Waals surface area contributed by atoms with Gasteiger partial charge in [-0.3, -0.25) is 9.36 Å². The standard InChI is InChI=1S/C8H8BrO4P/c9-5-6-1-3-7(4-2-6)8(10)14(11,12)13/h1-4H,5H2,(H2,11,12,13). The highest BCUT2D eigenvalue weighted by molar-refractivity contribution is 9.08. The molecule has 0 spiro atoms. The van der Waals surface area contributed by atoms with Crippen molar-refractivity contribution in [2.24, 2.45) is 0 Å². The Balaban J connectivity index is 2.99. The zero-order valence-corrected chi connectivity index (χ0v) is 9.53. The third kappa shape index (κ3) is 2.75. The molecule has 0 aliphatic carbocycles. The van der Waals surface area contributed by atoms with E-state index in [0.29, 0.717) is 5.33 Å². The number of halogens is 1. The van der Waals surface area contributed by atoms with Gasteiger partial charge in [-0.2, -0.15) is 0 Å². The minimum absolute atomic E-state index is 0.0306. The second-order valence-corrected chi connectivity index (χ2v) is 4.73. The van der Waals surface area contributed by atoms with E-state index in [-0.39, 0.29) is 5.56 Å². The van der Waals surface area contributed by atoms with E-state index in [9.17, 15) is 9.36 Å². The SMILES string of the molecule is O=C(c1ccc(CBr)cc1)P(=O)(O)O. The van der Waals surface area contributed by atoms with E-state index in [2.05, 4.69) is 15.9 Å². The number of carbonyl (C=O) groups is 1. The quantitative estimate of drug-likeness (QED) is 0.654. The van der Waals surface area contributed by atoms with Crippen molar-refractivity contribution in [3.8, 4) is 0 Å². The Labute approximate surface area is 89.2 Å². The van der Waals surface area contributed by atoms with Crippen LogP contribution in [-0.2, 0) is 9.90 Å². The lowest BCUT2D eigenvalue weighted by molar-refractivity contribution is 0.104. The molecule has 14 heavy (non-hydrogen) atoms. The molecule has 2 N–H and O–H groups in total. The monoisotopic (exact) mass is 278 g/mol. The lowest BCUT2D eigenvalue weighted by atomic mass is 10.2. The summed E-state index contributed by atoms with van der Waals surface area (Å²) < 4.78 is 10.6. The van der Waals surface area contributed by atoms with Crippen LogP contribution in [0, 0.1) is 0 Å². The molecule has 0 bridgehead atoms. The average Bonchev–Trinajstić information content (AvgIpc) is 2.15. The van der Waals surface area contributed by atoms with Gasteiger partial charge >= 0.3 is 7.60 Å². The first-order chi connectivity index (χ1) is 6.45. The molecule has 1 aromatic rings. The molecule has 0 fully saturated rings. The number of hydrogen-bond donors (Lipinski definition) is 2. The molecule has 1 aromatic carbocycles. The number of benzene rings is 1. The molecular formula is C8H8BrO4P. The second-order valence-electron chi connectivity index (χ2n) is 2.68. The van der Waals surface area contributed by atoms with Gasteiger partial charge in [0.15, 0.2) is 0 Å². The zero-order chi connectivity index (χ0) is 10.8. The molecule has 0 radical (unpaired) electrons. The molecule has 0 atom stereocenters. The summed E-state index contributed by atoms with van der Waals surface area (Å²) in [5.74, 6) is 0. The summed E-state index contributed by atoms with van der Waals surface area (Å²) in [6.07, 6.45) is 0. The molecule has 0 aliphatic rings. The largest absolute Gasteiger partial charge is 0.396 e. The van der Waals surface area contributed by atoms with E-state index in [1.165, 1.54) is 12.1 Å².